The van der Waals surface area contributed by atoms with Crippen LogP contribution in [0.1, 0.15) is 24.1 Å². The lowest BCUT2D eigenvalue weighted by Gasteiger charge is -2.35. The molecular weight excluding hydrogens is 337 g/mol. The van der Waals surface area contributed by atoms with Crippen molar-refractivity contribution >= 4 is 30.7 Å². The van der Waals surface area contributed by atoms with Crippen LogP contribution in [-0.2, 0) is 9.53 Å². The van der Waals surface area contributed by atoms with Gasteiger partial charge >= 0.3 is 0 Å². The second kappa shape index (κ2) is 10.8. The van der Waals surface area contributed by atoms with Gasteiger partial charge in [-0.15, -0.1) is 24.8 Å². The first kappa shape index (κ1) is 22.1. The molecule has 0 aromatic heterocycles. The Morgan fingerprint density at radius 3 is 2.57 bits per heavy atom. The average Bonchev–Trinajstić information content (AvgIpc) is 2.48. The lowest BCUT2D eigenvalue weighted by Crippen LogP contribution is -2.46. The van der Waals surface area contributed by atoms with Crippen LogP contribution >= 0.6 is 24.8 Å². The topological polar surface area (TPSA) is 67.6 Å². The van der Waals surface area contributed by atoms with Gasteiger partial charge in [0.25, 0.3) is 0 Å². The van der Waals surface area contributed by atoms with Crippen molar-refractivity contribution in [3.8, 4) is 0 Å². The number of ether oxygens (including phenoxy) is 1. The van der Waals surface area contributed by atoms with Crippen LogP contribution in [0.4, 0.5) is 0 Å². The highest BCUT2D eigenvalue weighted by atomic mass is 35.5. The maximum atomic E-state index is 11.7. The molecule has 2 atom stereocenters. The van der Waals surface area contributed by atoms with Crippen LogP contribution < -0.4 is 11.1 Å². The van der Waals surface area contributed by atoms with Gasteiger partial charge < -0.3 is 15.8 Å². The molecule has 3 N–H and O–H groups in total. The smallest absolute Gasteiger partial charge is 0.236 e. The second-order valence-corrected chi connectivity index (χ2v) is 5.61. The lowest BCUT2D eigenvalue weighted by atomic mass is 10.0. The van der Waals surface area contributed by atoms with Crippen molar-refractivity contribution in [2.24, 2.45) is 5.73 Å². The third-order valence-electron chi connectivity index (χ3n) is 3.80. The number of benzene rings is 1. The normalized spacial score (nSPS) is 17.3. The number of rotatable bonds is 5. The quantitative estimate of drug-likeness (QED) is 0.834. The van der Waals surface area contributed by atoms with E-state index in [1.807, 2.05) is 0 Å². The predicted octanol–water partition coefficient (Wildman–Crippen LogP) is 1.68. The summed E-state index contributed by atoms with van der Waals surface area (Å²) in [5.74, 6) is -0.110. The number of carbonyl (C=O) groups is 1. The zero-order valence-electron chi connectivity index (χ0n) is 13.7. The summed E-state index contributed by atoms with van der Waals surface area (Å²) in [6.07, 6.45) is 0. The van der Waals surface area contributed by atoms with E-state index >= 15 is 0 Å². The van der Waals surface area contributed by atoms with Crippen LogP contribution in [0.3, 0.4) is 0 Å². The van der Waals surface area contributed by atoms with E-state index in [9.17, 15) is 4.79 Å². The average molecular weight is 364 g/mol. The molecule has 1 unspecified atom stereocenters. The molecule has 1 aromatic rings. The number of morpholine rings is 1. The Balaban J connectivity index is 0.00000242. The van der Waals surface area contributed by atoms with Crippen LogP contribution in [0.25, 0.3) is 0 Å². The highest BCUT2D eigenvalue weighted by molar-refractivity contribution is 5.85. The van der Waals surface area contributed by atoms with Gasteiger partial charge in [0.1, 0.15) is 0 Å². The summed E-state index contributed by atoms with van der Waals surface area (Å²) in [5, 5.41) is 2.95. The molecule has 2 rings (SSSR count). The molecule has 0 bridgehead atoms. The Hall–Kier alpha value is -0.850. The Labute approximate surface area is 150 Å². The number of nitrogens with one attached hydrogen (secondary N) is 1. The summed E-state index contributed by atoms with van der Waals surface area (Å²) in [7, 11) is 0. The summed E-state index contributed by atoms with van der Waals surface area (Å²) in [4.78, 5) is 14.1. The number of carbonyl (C=O) groups excluding carboxylic acids is 1. The molecular formula is C16H27Cl2N3O2. The summed E-state index contributed by atoms with van der Waals surface area (Å²) in [6, 6.07) is 8.12. The molecule has 1 fully saturated rings. The molecule has 0 radical (unpaired) electrons. The molecule has 0 spiro atoms. The minimum absolute atomic E-state index is 0. The first-order chi connectivity index (χ1) is 10.1. The maximum absolute atomic E-state index is 11.7. The third-order valence-corrected chi connectivity index (χ3v) is 3.80. The van der Waals surface area contributed by atoms with E-state index in [1.54, 1.807) is 6.92 Å². The first-order valence-electron chi connectivity index (χ1n) is 7.49. The third kappa shape index (κ3) is 6.65. The second-order valence-electron chi connectivity index (χ2n) is 5.61. The molecule has 5 nitrogen and oxygen atoms in total. The largest absolute Gasteiger partial charge is 0.379 e. The van der Waals surface area contributed by atoms with E-state index in [1.165, 1.54) is 11.1 Å². The van der Waals surface area contributed by atoms with E-state index in [0.29, 0.717) is 6.54 Å². The molecule has 1 heterocycles. The number of aryl methyl sites for hydroxylation is 1. The SMILES string of the molecule is Cc1cccc(C(CNC(=O)[C@@H](C)N)N2CCOCC2)c1.Cl.Cl. The van der Waals surface area contributed by atoms with Crippen molar-refractivity contribution in [1.29, 1.82) is 0 Å². The van der Waals surface area contributed by atoms with Crippen LogP contribution in [0.15, 0.2) is 24.3 Å². The van der Waals surface area contributed by atoms with Gasteiger partial charge in [-0.05, 0) is 19.4 Å². The fourth-order valence-electron chi connectivity index (χ4n) is 2.58. The predicted molar refractivity (Wildman–Crippen MR) is 97.5 cm³/mol. The monoisotopic (exact) mass is 363 g/mol. The van der Waals surface area contributed by atoms with Gasteiger partial charge in [-0.2, -0.15) is 0 Å². The maximum Gasteiger partial charge on any atom is 0.236 e. The summed E-state index contributed by atoms with van der Waals surface area (Å²) < 4.78 is 5.42. The van der Waals surface area contributed by atoms with Crippen LogP contribution in [-0.4, -0.2) is 49.7 Å². The molecule has 1 saturated heterocycles. The van der Waals surface area contributed by atoms with Gasteiger partial charge in [0.15, 0.2) is 0 Å². The van der Waals surface area contributed by atoms with E-state index in [-0.39, 0.29) is 36.8 Å². The van der Waals surface area contributed by atoms with Gasteiger partial charge in [0, 0.05) is 19.6 Å². The van der Waals surface area contributed by atoms with Gasteiger partial charge in [-0.25, -0.2) is 0 Å². The first-order valence-corrected chi connectivity index (χ1v) is 7.49. The molecule has 0 aliphatic carbocycles. The fraction of sp³-hybridized carbons (Fsp3) is 0.562. The molecule has 1 aliphatic rings. The zero-order valence-corrected chi connectivity index (χ0v) is 15.3. The van der Waals surface area contributed by atoms with Gasteiger partial charge in [0.2, 0.25) is 5.91 Å². The summed E-state index contributed by atoms with van der Waals surface area (Å²) in [5.41, 5.74) is 8.07. The summed E-state index contributed by atoms with van der Waals surface area (Å²) >= 11 is 0. The van der Waals surface area contributed by atoms with Gasteiger partial charge in [-0.3, -0.25) is 9.69 Å². The van der Waals surface area contributed by atoms with E-state index in [4.69, 9.17) is 10.5 Å². The van der Waals surface area contributed by atoms with Crippen LogP contribution in [0.2, 0.25) is 0 Å². The Morgan fingerprint density at radius 2 is 2.00 bits per heavy atom. The lowest BCUT2D eigenvalue weighted by molar-refractivity contribution is -0.122. The molecule has 132 valence electrons. The molecule has 7 heteroatoms. The minimum Gasteiger partial charge on any atom is -0.379 e. The minimum atomic E-state index is -0.479. The molecule has 1 aromatic carbocycles. The Morgan fingerprint density at radius 1 is 1.35 bits per heavy atom. The van der Waals surface area contributed by atoms with E-state index < -0.39 is 6.04 Å². The Kier molecular flexibility index (Phi) is 10.4. The van der Waals surface area contributed by atoms with Gasteiger partial charge in [-0.1, -0.05) is 29.8 Å². The van der Waals surface area contributed by atoms with E-state index in [0.717, 1.165) is 26.3 Å². The van der Waals surface area contributed by atoms with E-state index in [2.05, 4.69) is 41.4 Å². The number of halogens is 2. The highest BCUT2D eigenvalue weighted by Crippen LogP contribution is 2.22. The number of hydrogen-bond donors (Lipinski definition) is 2. The van der Waals surface area contributed by atoms with Gasteiger partial charge in [0.05, 0.1) is 25.3 Å². The van der Waals surface area contributed by atoms with Crippen molar-refractivity contribution in [3.05, 3.63) is 35.4 Å². The number of nitrogens with zero attached hydrogens (tertiary/aromatic N) is 1. The van der Waals surface area contributed by atoms with Crippen LogP contribution in [0, 0.1) is 6.92 Å². The standard InChI is InChI=1S/C16H25N3O2.2ClH/c1-12-4-3-5-14(10-12)15(11-18-16(20)13(2)17)19-6-8-21-9-7-19;;/h3-5,10,13,15H,6-9,11,17H2,1-2H3,(H,18,20);2*1H/t13-,15?;;/m1../s1. The number of amides is 1. The van der Waals surface area contributed by atoms with Crippen molar-refractivity contribution in [1.82, 2.24) is 10.2 Å². The van der Waals surface area contributed by atoms with Crippen molar-refractivity contribution in [2.75, 3.05) is 32.8 Å². The highest BCUT2D eigenvalue weighted by Gasteiger charge is 2.23. The molecule has 1 amide bonds. The molecule has 23 heavy (non-hydrogen) atoms. The van der Waals surface area contributed by atoms with Crippen molar-refractivity contribution in [2.45, 2.75) is 25.9 Å². The number of hydrogen-bond acceptors (Lipinski definition) is 4. The zero-order chi connectivity index (χ0) is 15.2. The summed E-state index contributed by atoms with van der Waals surface area (Å²) in [6.45, 7) is 7.60. The Bertz CT molecular complexity index is 480. The van der Waals surface area contributed by atoms with Crippen LogP contribution in [0.5, 0.6) is 0 Å². The molecule has 0 saturated carbocycles. The van der Waals surface area contributed by atoms with Crippen molar-refractivity contribution in [3.63, 3.8) is 0 Å². The number of nitrogens with two attached hydrogens (primary N) is 1. The fourth-order valence-corrected chi connectivity index (χ4v) is 2.58. The van der Waals surface area contributed by atoms with Crippen molar-refractivity contribution < 1.29 is 9.53 Å². The molecule has 1 aliphatic heterocycles.